The lowest BCUT2D eigenvalue weighted by molar-refractivity contribution is -0.384. The predicted molar refractivity (Wildman–Crippen MR) is 56.9 cm³/mol. The highest BCUT2D eigenvalue weighted by molar-refractivity contribution is 5.76. The number of aliphatic hydroxyl groups is 1. The van der Waals surface area contributed by atoms with Gasteiger partial charge in [0.25, 0.3) is 5.69 Å². The number of ether oxygens (including phenoxy) is 1. The van der Waals surface area contributed by atoms with Gasteiger partial charge in [0.05, 0.1) is 4.92 Å². The minimum Gasteiger partial charge on any atom is -0.490 e. The molecule has 0 aliphatic carbocycles. The molecular formula is C10H11NO6. The molecule has 1 aromatic carbocycles. The van der Waals surface area contributed by atoms with E-state index in [0.717, 1.165) is 6.92 Å². The SMILES string of the molecule is CC(O)(COc1ccc([N+](=O)[O-])cc1)C(=O)O. The smallest absolute Gasteiger partial charge is 0.339 e. The molecule has 1 atom stereocenters. The van der Waals surface area contributed by atoms with Crippen molar-refractivity contribution in [1.82, 2.24) is 0 Å². The highest BCUT2D eigenvalue weighted by Gasteiger charge is 2.30. The molecule has 7 nitrogen and oxygen atoms in total. The van der Waals surface area contributed by atoms with Crippen LogP contribution in [0.3, 0.4) is 0 Å². The minimum atomic E-state index is -2.00. The lowest BCUT2D eigenvalue weighted by Gasteiger charge is -2.18. The summed E-state index contributed by atoms with van der Waals surface area (Å²) in [4.78, 5) is 20.4. The van der Waals surface area contributed by atoms with Gasteiger partial charge in [-0.25, -0.2) is 4.79 Å². The number of hydrogen-bond donors (Lipinski definition) is 2. The summed E-state index contributed by atoms with van der Waals surface area (Å²) >= 11 is 0. The third-order valence-corrected chi connectivity index (χ3v) is 2.03. The van der Waals surface area contributed by atoms with E-state index in [1.165, 1.54) is 24.3 Å². The summed E-state index contributed by atoms with van der Waals surface area (Å²) in [5, 5.41) is 28.3. The maximum absolute atomic E-state index is 10.6. The van der Waals surface area contributed by atoms with Gasteiger partial charge in [0.15, 0.2) is 5.60 Å². The van der Waals surface area contributed by atoms with Crippen LogP contribution in [0, 0.1) is 10.1 Å². The van der Waals surface area contributed by atoms with Gasteiger partial charge < -0.3 is 14.9 Å². The standard InChI is InChI=1S/C10H11NO6/c1-10(14,9(12)13)6-17-8-4-2-7(3-5-8)11(15)16/h2-5,14H,6H2,1H3,(H,12,13). The summed E-state index contributed by atoms with van der Waals surface area (Å²) in [6, 6.07) is 5.11. The molecule has 1 unspecified atom stereocenters. The third-order valence-electron chi connectivity index (χ3n) is 2.03. The highest BCUT2D eigenvalue weighted by atomic mass is 16.6. The first-order chi connectivity index (χ1) is 7.83. The first kappa shape index (κ1) is 12.9. The van der Waals surface area contributed by atoms with Crippen LogP contribution >= 0.6 is 0 Å². The van der Waals surface area contributed by atoms with Crippen LogP contribution in [0.25, 0.3) is 0 Å². The molecule has 0 heterocycles. The maximum atomic E-state index is 10.6. The van der Waals surface area contributed by atoms with Crippen molar-refractivity contribution in [1.29, 1.82) is 0 Å². The number of aliphatic carboxylic acids is 1. The van der Waals surface area contributed by atoms with E-state index >= 15 is 0 Å². The fraction of sp³-hybridized carbons (Fsp3) is 0.300. The van der Waals surface area contributed by atoms with Gasteiger partial charge >= 0.3 is 5.97 Å². The zero-order valence-electron chi connectivity index (χ0n) is 8.99. The molecule has 1 rings (SSSR count). The molecule has 2 N–H and O–H groups in total. The van der Waals surface area contributed by atoms with Crippen LogP contribution in [0.4, 0.5) is 5.69 Å². The largest absolute Gasteiger partial charge is 0.490 e. The molecule has 7 heteroatoms. The number of nitro groups is 1. The molecule has 0 bridgehead atoms. The Morgan fingerprint density at radius 1 is 1.47 bits per heavy atom. The van der Waals surface area contributed by atoms with E-state index in [4.69, 9.17) is 9.84 Å². The molecule has 0 aromatic heterocycles. The highest BCUT2D eigenvalue weighted by Crippen LogP contribution is 2.18. The second-order valence-electron chi connectivity index (χ2n) is 3.62. The van der Waals surface area contributed by atoms with E-state index in [1.807, 2.05) is 0 Å². The molecule has 1 aromatic rings. The molecular weight excluding hydrogens is 230 g/mol. The Kier molecular flexibility index (Phi) is 3.64. The molecule has 0 spiro atoms. The van der Waals surface area contributed by atoms with Crippen molar-refractivity contribution in [3.05, 3.63) is 34.4 Å². The average Bonchev–Trinajstić information content (AvgIpc) is 2.27. The van der Waals surface area contributed by atoms with Crippen LogP contribution in [0.2, 0.25) is 0 Å². The zero-order valence-corrected chi connectivity index (χ0v) is 8.99. The Morgan fingerprint density at radius 2 is 2.00 bits per heavy atom. The monoisotopic (exact) mass is 241 g/mol. The molecule has 0 fully saturated rings. The summed E-state index contributed by atoms with van der Waals surface area (Å²) < 4.78 is 5.01. The van der Waals surface area contributed by atoms with E-state index in [1.54, 1.807) is 0 Å². The minimum absolute atomic E-state index is 0.0951. The Labute approximate surface area is 96.4 Å². The van der Waals surface area contributed by atoms with Crippen molar-refractivity contribution in [2.75, 3.05) is 6.61 Å². The summed E-state index contributed by atoms with van der Waals surface area (Å²) in [5.74, 6) is -1.16. The number of benzene rings is 1. The summed E-state index contributed by atoms with van der Waals surface area (Å²) in [6.07, 6.45) is 0. The number of non-ortho nitro benzene ring substituents is 1. The van der Waals surface area contributed by atoms with Crippen molar-refractivity contribution in [2.24, 2.45) is 0 Å². The molecule has 92 valence electrons. The number of nitro benzene ring substituents is 1. The lowest BCUT2D eigenvalue weighted by Crippen LogP contribution is -2.41. The second kappa shape index (κ2) is 4.79. The van der Waals surface area contributed by atoms with E-state index < -0.39 is 23.1 Å². The molecule has 0 radical (unpaired) electrons. The van der Waals surface area contributed by atoms with Crippen LogP contribution < -0.4 is 4.74 Å². The molecule has 17 heavy (non-hydrogen) atoms. The Bertz CT molecular complexity index is 425. The average molecular weight is 241 g/mol. The predicted octanol–water partition coefficient (Wildman–Crippen LogP) is 0.809. The Morgan fingerprint density at radius 3 is 2.41 bits per heavy atom. The fourth-order valence-electron chi connectivity index (χ4n) is 0.950. The van der Waals surface area contributed by atoms with E-state index in [-0.39, 0.29) is 11.4 Å². The first-order valence-electron chi connectivity index (χ1n) is 4.66. The molecule has 0 aliphatic heterocycles. The van der Waals surface area contributed by atoms with Crippen molar-refractivity contribution in [3.63, 3.8) is 0 Å². The summed E-state index contributed by atoms with van der Waals surface area (Å²) in [6.45, 7) is 0.654. The number of rotatable bonds is 5. The van der Waals surface area contributed by atoms with E-state index in [2.05, 4.69) is 0 Å². The van der Waals surface area contributed by atoms with Gasteiger partial charge in [-0.2, -0.15) is 0 Å². The van der Waals surface area contributed by atoms with Gasteiger partial charge in [-0.15, -0.1) is 0 Å². The van der Waals surface area contributed by atoms with E-state index in [0.29, 0.717) is 0 Å². The number of carboxylic acids is 1. The number of nitrogens with zero attached hydrogens (tertiary/aromatic N) is 1. The molecule has 0 saturated carbocycles. The van der Waals surface area contributed by atoms with Crippen LogP contribution in [-0.4, -0.2) is 33.3 Å². The van der Waals surface area contributed by atoms with Crippen LogP contribution in [0.1, 0.15) is 6.92 Å². The van der Waals surface area contributed by atoms with Gasteiger partial charge in [0, 0.05) is 12.1 Å². The van der Waals surface area contributed by atoms with Crippen LogP contribution in [0.5, 0.6) is 5.75 Å². The zero-order chi connectivity index (χ0) is 13.1. The number of carbonyl (C=O) groups is 1. The van der Waals surface area contributed by atoms with E-state index in [9.17, 15) is 20.0 Å². The maximum Gasteiger partial charge on any atom is 0.339 e. The molecule has 0 aliphatic rings. The Hall–Kier alpha value is -2.15. The van der Waals surface area contributed by atoms with Crippen molar-refractivity contribution in [3.8, 4) is 5.75 Å². The van der Waals surface area contributed by atoms with Crippen LogP contribution in [0.15, 0.2) is 24.3 Å². The molecule has 0 amide bonds. The van der Waals surface area contributed by atoms with Crippen molar-refractivity contribution >= 4 is 11.7 Å². The van der Waals surface area contributed by atoms with Gasteiger partial charge in [-0.1, -0.05) is 0 Å². The normalized spacial score (nSPS) is 13.8. The topological polar surface area (TPSA) is 110 Å². The first-order valence-corrected chi connectivity index (χ1v) is 4.66. The number of hydrogen-bond acceptors (Lipinski definition) is 5. The summed E-state index contributed by atoms with van der Waals surface area (Å²) in [7, 11) is 0. The van der Waals surface area contributed by atoms with Crippen molar-refractivity contribution in [2.45, 2.75) is 12.5 Å². The van der Waals surface area contributed by atoms with Gasteiger partial charge in [0.1, 0.15) is 12.4 Å². The lowest BCUT2D eigenvalue weighted by atomic mass is 10.1. The van der Waals surface area contributed by atoms with Gasteiger partial charge in [-0.05, 0) is 19.1 Å². The fourth-order valence-corrected chi connectivity index (χ4v) is 0.950. The van der Waals surface area contributed by atoms with Crippen molar-refractivity contribution < 1.29 is 24.7 Å². The van der Waals surface area contributed by atoms with Gasteiger partial charge in [-0.3, -0.25) is 10.1 Å². The van der Waals surface area contributed by atoms with Crippen LogP contribution in [-0.2, 0) is 4.79 Å². The quantitative estimate of drug-likeness (QED) is 0.583. The van der Waals surface area contributed by atoms with Gasteiger partial charge in [0.2, 0.25) is 0 Å². The molecule has 0 saturated heterocycles. The number of carboxylic acid groups (broad SMARTS) is 1. The summed E-state index contributed by atoms with van der Waals surface area (Å²) in [5.41, 5.74) is -2.09. The Balaban J connectivity index is 2.65. The third kappa shape index (κ3) is 3.42. The second-order valence-corrected chi connectivity index (χ2v) is 3.62.